The van der Waals surface area contributed by atoms with Gasteiger partial charge in [0.15, 0.2) is 0 Å². The van der Waals surface area contributed by atoms with Crippen molar-refractivity contribution in [2.45, 2.75) is 112 Å². The highest BCUT2D eigenvalue weighted by Gasteiger charge is 2.45. The summed E-state index contributed by atoms with van der Waals surface area (Å²) in [7, 11) is 0. The lowest BCUT2D eigenvalue weighted by molar-refractivity contribution is 0.589. The Morgan fingerprint density at radius 3 is 1.95 bits per heavy atom. The van der Waals surface area contributed by atoms with Gasteiger partial charge in [-0.05, 0) is 160 Å². The molecule has 1 aromatic heterocycles. The van der Waals surface area contributed by atoms with Crippen molar-refractivity contribution in [2.75, 3.05) is 14.7 Å². The summed E-state index contributed by atoms with van der Waals surface area (Å²) in [5.41, 5.74) is 24.9. The van der Waals surface area contributed by atoms with Crippen LogP contribution in [0.25, 0.3) is 39.3 Å². The van der Waals surface area contributed by atoms with Gasteiger partial charge in [0.25, 0.3) is 0 Å². The van der Waals surface area contributed by atoms with Crippen LogP contribution >= 0.6 is 0 Å². The summed E-state index contributed by atoms with van der Waals surface area (Å²) in [6, 6.07) is 48.4. The smallest absolute Gasteiger partial charge is 0.247 e. The molecule has 3 heterocycles. The van der Waals surface area contributed by atoms with Crippen molar-refractivity contribution in [3.63, 3.8) is 0 Å². The molecular formula is C75H76BN3O. The molecule has 0 N–H and O–H groups in total. The number of para-hydroxylation sites is 1. The van der Waals surface area contributed by atoms with Gasteiger partial charge < -0.3 is 19.1 Å². The lowest BCUT2D eigenvalue weighted by atomic mass is 9.32. The molecule has 0 fully saturated rings. The summed E-state index contributed by atoms with van der Waals surface area (Å²) in [6.07, 6.45) is 34.7. The van der Waals surface area contributed by atoms with Crippen LogP contribution in [0.4, 0.5) is 28.4 Å². The maximum Gasteiger partial charge on any atom is 0.247 e. The van der Waals surface area contributed by atoms with E-state index in [-0.39, 0.29) is 23.0 Å². The van der Waals surface area contributed by atoms with Gasteiger partial charge in [-0.3, -0.25) is 0 Å². The monoisotopic (exact) mass is 1050 g/mol. The fraction of sp³-hybridized carbons (Fsp3) is 0.227. The van der Waals surface area contributed by atoms with Gasteiger partial charge in [-0.2, -0.15) is 0 Å². The standard InChI is InChI=1S/C75H76BN3O/c1-13-15-19-26-55-50-80-71-44-37-54(45-64(55)71)52-35-41-61(42-36-52)78-68-49-62(77(60-29-22-18-23-30-60)59-27-20-16-17-21-28-59)31-24-32-65(68)76-51(3)66(25-14-2)79(70-48-58(75(10,11)12)47-69(78)72(70)76)67-43-40-57(74(7,8)9)46-63(67)53-33-38-56(39-34-53)73(4,5)6/h13-27,29-30,32-50H,28,31H2,1-12H3/b15-13-,25-14-,26-19-. The minimum atomic E-state index is -0.191. The van der Waals surface area contributed by atoms with Crippen LogP contribution in [0.2, 0.25) is 0 Å². The summed E-state index contributed by atoms with van der Waals surface area (Å²) >= 11 is 0. The van der Waals surface area contributed by atoms with E-state index in [4.69, 9.17) is 4.42 Å². The van der Waals surface area contributed by atoms with Gasteiger partial charge in [-0.1, -0.05) is 201 Å². The Kier molecular flexibility index (Phi) is 14.4. The van der Waals surface area contributed by atoms with Crippen LogP contribution < -0.4 is 20.2 Å². The molecule has 0 saturated heterocycles. The molecule has 7 aromatic rings. The van der Waals surface area contributed by atoms with Crippen LogP contribution in [0.1, 0.15) is 118 Å². The van der Waals surface area contributed by atoms with Gasteiger partial charge in [0.05, 0.1) is 12.0 Å². The van der Waals surface area contributed by atoms with E-state index in [9.17, 15) is 0 Å². The van der Waals surface area contributed by atoms with Gasteiger partial charge in [0.1, 0.15) is 5.58 Å². The predicted octanol–water partition coefficient (Wildman–Crippen LogP) is 20.2. The van der Waals surface area contributed by atoms with Gasteiger partial charge in [0, 0.05) is 74.9 Å². The third-order valence-electron chi connectivity index (χ3n) is 16.3. The van der Waals surface area contributed by atoms with Gasteiger partial charge in [-0.25, -0.2) is 0 Å². The Labute approximate surface area is 477 Å². The van der Waals surface area contributed by atoms with E-state index in [0.29, 0.717) is 0 Å². The Morgan fingerprint density at radius 2 is 1.25 bits per heavy atom. The Morgan fingerprint density at radius 1 is 0.575 bits per heavy atom. The van der Waals surface area contributed by atoms with Crippen molar-refractivity contribution in [3.05, 3.63) is 269 Å². The SMILES string of the molecule is C/C=C\C=C/c1coc2ccc(-c3ccc(N4C5=C(C=CCC(N(C6=CC=CC=CC6)c6ccccc6)=C5)B5C(C)=C(/C=C\C)N(c6ccc(C(C)(C)C)cc6-c6ccc(C(C)(C)C)cc6)c6cc(C(C)(C)C)cc4c65)cc3)cc12. The highest BCUT2D eigenvalue weighted by atomic mass is 16.3. The van der Waals surface area contributed by atoms with Crippen LogP contribution in [-0.4, -0.2) is 6.71 Å². The Balaban J connectivity index is 1.18. The number of hydrogen-bond donors (Lipinski definition) is 0. The lowest BCUT2D eigenvalue weighted by Gasteiger charge is -2.45. The molecule has 0 atom stereocenters. The molecule has 6 aromatic carbocycles. The van der Waals surface area contributed by atoms with E-state index in [2.05, 4.69) is 297 Å². The molecule has 2 aliphatic heterocycles. The first-order valence-corrected chi connectivity index (χ1v) is 28.7. The fourth-order valence-corrected chi connectivity index (χ4v) is 11.9. The molecule has 11 rings (SSSR count). The summed E-state index contributed by atoms with van der Waals surface area (Å²) in [6.45, 7) is 27.5. The van der Waals surface area contributed by atoms with Gasteiger partial charge in [-0.15, -0.1) is 0 Å². The second-order valence-corrected chi connectivity index (χ2v) is 24.9. The minimum Gasteiger partial charge on any atom is -0.464 e. The first-order chi connectivity index (χ1) is 38.4. The van der Waals surface area contributed by atoms with Gasteiger partial charge >= 0.3 is 0 Å². The average Bonchev–Trinajstić information content (AvgIpc) is 3.70. The van der Waals surface area contributed by atoms with Crippen molar-refractivity contribution in [1.29, 1.82) is 0 Å². The van der Waals surface area contributed by atoms with E-state index >= 15 is 0 Å². The molecule has 0 bridgehead atoms. The van der Waals surface area contributed by atoms with Crippen LogP contribution in [0.5, 0.6) is 0 Å². The summed E-state index contributed by atoms with van der Waals surface area (Å²) in [5, 5.41) is 1.10. The number of allylic oxidation sites excluding steroid dienone is 15. The zero-order chi connectivity index (χ0) is 56.1. The first-order valence-electron chi connectivity index (χ1n) is 28.7. The first kappa shape index (κ1) is 53.7. The van der Waals surface area contributed by atoms with E-state index in [1.165, 1.54) is 84.1 Å². The number of benzene rings is 6. The van der Waals surface area contributed by atoms with E-state index in [1.54, 1.807) is 0 Å². The highest BCUT2D eigenvalue weighted by Crippen LogP contribution is 2.51. The third-order valence-corrected chi connectivity index (χ3v) is 16.3. The van der Waals surface area contributed by atoms with Crippen LogP contribution in [-0.2, 0) is 16.2 Å². The second kappa shape index (κ2) is 21.4. The molecule has 0 saturated carbocycles. The topological polar surface area (TPSA) is 22.9 Å². The molecule has 5 heteroatoms. The summed E-state index contributed by atoms with van der Waals surface area (Å²) in [4.78, 5) is 7.70. The van der Waals surface area contributed by atoms with Crippen LogP contribution in [0.3, 0.4) is 0 Å². The normalized spacial score (nSPS) is 15.8. The highest BCUT2D eigenvalue weighted by molar-refractivity contribution is 6.90. The predicted molar refractivity (Wildman–Crippen MR) is 346 cm³/mol. The fourth-order valence-electron chi connectivity index (χ4n) is 11.9. The quantitative estimate of drug-likeness (QED) is 0.101. The Bertz CT molecular complexity index is 3840. The van der Waals surface area contributed by atoms with Crippen molar-refractivity contribution in [1.82, 2.24) is 0 Å². The maximum absolute atomic E-state index is 6.03. The largest absolute Gasteiger partial charge is 0.464 e. The van der Waals surface area contributed by atoms with E-state index < -0.39 is 0 Å². The molecule has 0 spiro atoms. The molecule has 2 aliphatic carbocycles. The molecule has 4 nitrogen and oxygen atoms in total. The maximum atomic E-state index is 6.03. The molecule has 0 radical (unpaired) electrons. The third kappa shape index (κ3) is 10.2. The zero-order valence-electron chi connectivity index (χ0n) is 49.0. The van der Waals surface area contributed by atoms with Crippen LogP contribution in [0.15, 0.2) is 251 Å². The number of rotatable bonds is 10. The molecular weight excluding hydrogens is 970 g/mol. The molecule has 80 heavy (non-hydrogen) atoms. The van der Waals surface area contributed by atoms with Crippen LogP contribution in [0, 0.1) is 0 Å². The lowest BCUT2D eigenvalue weighted by Crippen LogP contribution is -2.50. The number of fused-ring (bicyclic) bond motifs is 2. The van der Waals surface area contributed by atoms with Crippen molar-refractivity contribution < 1.29 is 4.42 Å². The number of furan rings is 1. The Hall–Kier alpha value is -8.28. The minimum absolute atomic E-state index is 0.0350. The second-order valence-electron chi connectivity index (χ2n) is 24.9. The zero-order valence-corrected chi connectivity index (χ0v) is 49.0. The number of anilines is 5. The average molecular weight is 1050 g/mol. The number of nitrogens with zero attached hydrogens (tertiary/aromatic N) is 3. The van der Waals surface area contributed by atoms with Crippen molar-refractivity contribution in [2.24, 2.45) is 0 Å². The van der Waals surface area contributed by atoms with E-state index in [0.717, 1.165) is 51.9 Å². The van der Waals surface area contributed by atoms with Crippen molar-refractivity contribution in [3.8, 4) is 22.3 Å². The summed E-state index contributed by atoms with van der Waals surface area (Å²) < 4.78 is 6.03. The molecule has 4 aliphatic rings. The van der Waals surface area contributed by atoms with Crippen molar-refractivity contribution >= 4 is 57.7 Å². The molecule has 0 amide bonds. The molecule has 400 valence electrons. The van der Waals surface area contributed by atoms with Gasteiger partial charge in [0.2, 0.25) is 6.71 Å². The van der Waals surface area contributed by atoms with E-state index in [1.807, 2.05) is 19.3 Å². The molecule has 0 unspecified atom stereocenters. The number of hydrogen-bond acceptors (Lipinski definition) is 4. The summed E-state index contributed by atoms with van der Waals surface area (Å²) in [5.74, 6) is 0.